The number of nitrogens with zero attached hydrogens (tertiary/aromatic N) is 5. The Labute approximate surface area is 191 Å². The molecule has 1 aromatic carbocycles. The molecule has 3 aromatic rings. The van der Waals surface area contributed by atoms with E-state index in [4.69, 9.17) is 9.97 Å². The monoisotopic (exact) mass is 429 g/mol. The number of hydrogen-bond acceptors (Lipinski definition) is 4. The van der Waals surface area contributed by atoms with E-state index in [2.05, 4.69) is 57.8 Å². The number of benzene rings is 1. The van der Waals surface area contributed by atoms with Crippen LogP contribution >= 0.6 is 0 Å². The van der Waals surface area contributed by atoms with Crippen LogP contribution in [0.2, 0.25) is 0 Å². The molecule has 2 aliphatic heterocycles. The molecule has 3 aliphatic rings. The number of piperidine rings is 2. The van der Waals surface area contributed by atoms with Crippen LogP contribution < -0.4 is 0 Å². The fourth-order valence-corrected chi connectivity index (χ4v) is 6.61. The molecule has 2 saturated heterocycles. The lowest BCUT2D eigenvalue weighted by Gasteiger charge is -2.44. The Morgan fingerprint density at radius 2 is 1.91 bits per heavy atom. The Morgan fingerprint density at radius 1 is 1.00 bits per heavy atom. The predicted molar refractivity (Wildman–Crippen MR) is 128 cm³/mol. The Bertz CT molecular complexity index is 1090. The standard InChI is InChI=1S/C27H35N5/c1-30-15-5-7-20(17-30)18-32-24-11-3-2-10-23(24)29-25(32)19-31-16-6-9-22-13-12-21-8-4-14-28-26(21)27(22)31/h2-4,8,10-11,14,20,22,27H,5-7,9,12-13,15-19H2,1H3/t20-,22-,27-/m0/s1. The third kappa shape index (κ3) is 3.75. The largest absolute Gasteiger partial charge is 0.327 e. The van der Waals surface area contributed by atoms with Crippen LogP contribution in [0.1, 0.15) is 55.2 Å². The van der Waals surface area contributed by atoms with Gasteiger partial charge in [-0.15, -0.1) is 0 Å². The Balaban J connectivity index is 1.33. The highest BCUT2D eigenvalue weighted by molar-refractivity contribution is 5.75. The average molecular weight is 430 g/mol. The molecule has 0 radical (unpaired) electrons. The second kappa shape index (κ2) is 8.60. The van der Waals surface area contributed by atoms with Gasteiger partial charge in [-0.1, -0.05) is 18.2 Å². The highest BCUT2D eigenvalue weighted by Crippen LogP contribution is 2.43. The van der Waals surface area contributed by atoms with Crippen molar-refractivity contribution in [2.24, 2.45) is 11.8 Å². The third-order valence-corrected chi connectivity index (χ3v) is 8.09. The lowest BCUT2D eigenvalue weighted by molar-refractivity contribution is 0.0659. The normalized spacial score (nSPS) is 26.7. The summed E-state index contributed by atoms with van der Waals surface area (Å²) in [6.45, 7) is 5.58. The Morgan fingerprint density at radius 3 is 2.84 bits per heavy atom. The molecule has 0 bridgehead atoms. The van der Waals surface area contributed by atoms with Crippen molar-refractivity contribution >= 4 is 11.0 Å². The van der Waals surface area contributed by atoms with Crippen LogP contribution in [0.4, 0.5) is 0 Å². The zero-order valence-electron chi connectivity index (χ0n) is 19.3. The van der Waals surface area contributed by atoms with Gasteiger partial charge in [0.1, 0.15) is 5.82 Å². The van der Waals surface area contributed by atoms with E-state index in [1.54, 1.807) is 0 Å². The predicted octanol–water partition coefficient (Wildman–Crippen LogP) is 4.67. The summed E-state index contributed by atoms with van der Waals surface area (Å²) in [4.78, 5) is 15.3. The van der Waals surface area contributed by atoms with Gasteiger partial charge in [-0.25, -0.2) is 4.98 Å². The number of pyridine rings is 1. The molecule has 5 heteroatoms. The van der Waals surface area contributed by atoms with Crippen molar-refractivity contribution in [3.8, 4) is 0 Å². The summed E-state index contributed by atoms with van der Waals surface area (Å²) in [7, 11) is 2.26. The third-order valence-electron chi connectivity index (χ3n) is 8.09. The van der Waals surface area contributed by atoms with Gasteiger partial charge in [0.05, 0.1) is 29.3 Å². The first kappa shape index (κ1) is 20.4. The molecule has 5 nitrogen and oxygen atoms in total. The lowest BCUT2D eigenvalue weighted by atomic mass is 9.77. The highest BCUT2D eigenvalue weighted by Gasteiger charge is 2.38. The van der Waals surface area contributed by atoms with E-state index in [1.165, 1.54) is 74.2 Å². The minimum absolute atomic E-state index is 0.447. The summed E-state index contributed by atoms with van der Waals surface area (Å²) < 4.78 is 2.55. The molecule has 0 N–H and O–H groups in total. The maximum Gasteiger partial charge on any atom is 0.124 e. The van der Waals surface area contributed by atoms with Crippen molar-refractivity contribution in [1.82, 2.24) is 24.3 Å². The Kier molecular flexibility index (Phi) is 5.48. The second-order valence-electron chi connectivity index (χ2n) is 10.3. The van der Waals surface area contributed by atoms with Crippen LogP contribution in [0.25, 0.3) is 11.0 Å². The number of likely N-dealkylation sites (tertiary alicyclic amines) is 2. The number of rotatable bonds is 4. The van der Waals surface area contributed by atoms with E-state index in [9.17, 15) is 0 Å². The van der Waals surface area contributed by atoms with Gasteiger partial charge in [-0.2, -0.15) is 0 Å². The van der Waals surface area contributed by atoms with Gasteiger partial charge in [0.25, 0.3) is 0 Å². The summed E-state index contributed by atoms with van der Waals surface area (Å²) in [6.07, 6.45) is 9.72. The van der Waals surface area contributed by atoms with Gasteiger partial charge in [0, 0.05) is 19.3 Å². The van der Waals surface area contributed by atoms with Crippen LogP contribution in [0.5, 0.6) is 0 Å². The van der Waals surface area contributed by atoms with Gasteiger partial charge in [-0.05, 0) is 94.3 Å². The number of fused-ring (bicyclic) bond motifs is 4. The summed E-state index contributed by atoms with van der Waals surface area (Å²) in [5.74, 6) is 2.68. The molecule has 2 aromatic heterocycles. The van der Waals surface area contributed by atoms with Gasteiger partial charge in [-0.3, -0.25) is 9.88 Å². The molecule has 0 saturated carbocycles. The van der Waals surface area contributed by atoms with E-state index >= 15 is 0 Å². The number of para-hydroxylation sites is 2. The number of imidazole rings is 1. The van der Waals surface area contributed by atoms with Gasteiger partial charge < -0.3 is 9.47 Å². The molecular weight excluding hydrogens is 394 g/mol. The van der Waals surface area contributed by atoms with E-state index in [0.29, 0.717) is 12.0 Å². The maximum absolute atomic E-state index is 5.17. The first-order valence-corrected chi connectivity index (χ1v) is 12.6. The van der Waals surface area contributed by atoms with E-state index in [1.807, 2.05) is 6.20 Å². The molecule has 4 heterocycles. The fraction of sp³-hybridized carbons (Fsp3) is 0.556. The van der Waals surface area contributed by atoms with Gasteiger partial charge in [0.2, 0.25) is 0 Å². The van der Waals surface area contributed by atoms with Crippen molar-refractivity contribution in [2.45, 2.75) is 57.7 Å². The van der Waals surface area contributed by atoms with Gasteiger partial charge in [0.15, 0.2) is 0 Å². The number of hydrogen-bond donors (Lipinski definition) is 0. The molecular formula is C27H35N5. The van der Waals surface area contributed by atoms with Crippen LogP contribution in [0.15, 0.2) is 42.6 Å². The molecule has 1 aliphatic carbocycles. The molecule has 0 amide bonds. The van der Waals surface area contributed by atoms with Crippen molar-refractivity contribution < 1.29 is 0 Å². The van der Waals surface area contributed by atoms with E-state index < -0.39 is 0 Å². The molecule has 3 atom stereocenters. The quantitative estimate of drug-likeness (QED) is 0.604. The first-order chi connectivity index (χ1) is 15.8. The number of aromatic nitrogens is 3. The molecule has 168 valence electrons. The van der Waals surface area contributed by atoms with Crippen molar-refractivity contribution in [1.29, 1.82) is 0 Å². The van der Waals surface area contributed by atoms with Crippen LogP contribution in [0.3, 0.4) is 0 Å². The molecule has 6 rings (SSSR count). The maximum atomic E-state index is 5.17. The molecule has 2 fully saturated rings. The fourth-order valence-electron chi connectivity index (χ4n) is 6.61. The smallest absolute Gasteiger partial charge is 0.124 e. The van der Waals surface area contributed by atoms with Crippen LogP contribution in [-0.4, -0.2) is 51.0 Å². The SMILES string of the molecule is CN1CCC[C@H](Cn2c(CN3CCC[C@H]4CCc5cccnc5[C@H]43)nc3ccccc32)C1. The molecule has 0 unspecified atom stereocenters. The van der Waals surface area contributed by atoms with E-state index in [0.717, 1.165) is 31.1 Å². The van der Waals surface area contributed by atoms with Crippen LogP contribution in [0, 0.1) is 11.8 Å². The topological polar surface area (TPSA) is 37.2 Å². The van der Waals surface area contributed by atoms with Crippen molar-refractivity contribution in [2.75, 3.05) is 26.7 Å². The lowest BCUT2D eigenvalue weighted by Crippen LogP contribution is -2.42. The summed E-state index contributed by atoms with van der Waals surface area (Å²) >= 11 is 0. The summed E-state index contributed by atoms with van der Waals surface area (Å²) in [5, 5.41) is 0. The minimum atomic E-state index is 0.447. The second-order valence-corrected chi connectivity index (χ2v) is 10.3. The first-order valence-electron chi connectivity index (χ1n) is 12.6. The highest BCUT2D eigenvalue weighted by atomic mass is 15.2. The van der Waals surface area contributed by atoms with E-state index in [-0.39, 0.29) is 0 Å². The zero-order valence-corrected chi connectivity index (χ0v) is 19.3. The van der Waals surface area contributed by atoms with Crippen molar-refractivity contribution in [3.05, 3.63) is 59.7 Å². The molecule has 0 spiro atoms. The van der Waals surface area contributed by atoms with Gasteiger partial charge >= 0.3 is 0 Å². The average Bonchev–Trinajstić information content (AvgIpc) is 3.16. The zero-order chi connectivity index (χ0) is 21.5. The Hall–Kier alpha value is -2.24. The van der Waals surface area contributed by atoms with Crippen LogP contribution in [-0.2, 0) is 19.5 Å². The summed E-state index contributed by atoms with van der Waals surface area (Å²) in [6, 6.07) is 13.6. The minimum Gasteiger partial charge on any atom is -0.327 e. The summed E-state index contributed by atoms with van der Waals surface area (Å²) in [5.41, 5.74) is 5.23. The molecule has 32 heavy (non-hydrogen) atoms. The van der Waals surface area contributed by atoms with Crippen molar-refractivity contribution in [3.63, 3.8) is 0 Å². The number of aryl methyl sites for hydroxylation is 1.